The Kier molecular flexibility index (Phi) is 5.22. The number of hydrogen-bond acceptors (Lipinski definition) is 2. The van der Waals surface area contributed by atoms with E-state index in [-0.39, 0.29) is 5.28 Å². The summed E-state index contributed by atoms with van der Waals surface area (Å²) in [5.41, 5.74) is 5.59. The van der Waals surface area contributed by atoms with Gasteiger partial charge in [0.1, 0.15) is 0 Å². The summed E-state index contributed by atoms with van der Waals surface area (Å²) in [6.07, 6.45) is 5.48. The Morgan fingerprint density at radius 3 is 2.20 bits per heavy atom. The predicted octanol–water partition coefficient (Wildman–Crippen LogP) is 6.22. The zero-order chi connectivity index (χ0) is 17.6. The van der Waals surface area contributed by atoms with Gasteiger partial charge < -0.3 is 0 Å². The molecule has 122 valence electrons. The maximum atomic E-state index is 6.17. The van der Waals surface area contributed by atoms with Crippen LogP contribution in [0.2, 0.25) is 5.28 Å². The monoisotopic (exact) mass is 344 g/mol. The topological polar surface area (TPSA) is 25.8 Å². The lowest BCUT2D eigenvalue weighted by Crippen LogP contribution is -1.92. The van der Waals surface area contributed by atoms with Gasteiger partial charge in [-0.2, -0.15) is 0 Å². The highest BCUT2D eigenvalue weighted by atomic mass is 35.5. The number of aromatic nitrogens is 2. The van der Waals surface area contributed by atoms with Gasteiger partial charge in [-0.3, -0.25) is 0 Å². The fraction of sp³-hybridized carbons (Fsp3) is 0. The summed E-state index contributed by atoms with van der Waals surface area (Å²) in [5, 5.41) is 0.229. The second kappa shape index (κ2) is 7.73. The Morgan fingerprint density at radius 2 is 1.52 bits per heavy atom. The zero-order valence-electron chi connectivity index (χ0n) is 13.7. The van der Waals surface area contributed by atoms with Crippen LogP contribution in [0.4, 0.5) is 0 Å². The molecule has 0 unspecified atom stereocenters. The Morgan fingerprint density at radius 1 is 0.840 bits per heavy atom. The quantitative estimate of drug-likeness (QED) is 0.405. The molecule has 0 aliphatic heterocycles. The van der Waals surface area contributed by atoms with E-state index in [1.54, 1.807) is 6.08 Å². The first-order valence-electron chi connectivity index (χ1n) is 7.87. The van der Waals surface area contributed by atoms with Crippen LogP contribution in [0.15, 0.2) is 92.0 Å². The molecule has 1 aromatic heterocycles. The lowest BCUT2D eigenvalue weighted by Gasteiger charge is -2.08. The third kappa shape index (κ3) is 3.93. The van der Waals surface area contributed by atoms with Gasteiger partial charge >= 0.3 is 0 Å². The molecular formula is C22H17ClN2. The van der Waals surface area contributed by atoms with E-state index < -0.39 is 0 Å². The van der Waals surface area contributed by atoms with Crippen LogP contribution in [0.1, 0.15) is 5.56 Å². The van der Waals surface area contributed by atoms with Crippen molar-refractivity contribution in [2.24, 2.45) is 0 Å². The molecule has 0 amide bonds. The fourth-order valence-corrected chi connectivity index (χ4v) is 2.77. The van der Waals surface area contributed by atoms with Crippen molar-refractivity contribution in [2.75, 3.05) is 0 Å². The maximum Gasteiger partial charge on any atom is 0.223 e. The van der Waals surface area contributed by atoms with Crippen LogP contribution in [-0.2, 0) is 0 Å². The average molecular weight is 345 g/mol. The molecule has 2 aromatic carbocycles. The summed E-state index contributed by atoms with van der Waals surface area (Å²) in [7, 11) is 0. The number of benzene rings is 2. The van der Waals surface area contributed by atoms with Gasteiger partial charge in [0, 0.05) is 11.1 Å². The first-order chi connectivity index (χ1) is 12.2. The Balaban J connectivity index is 2.08. The van der Waals surface area contributed by atoms with Gasteiger partial charge in [-0.25, -0.2) is 9.97 Å². The largest absolute Gasteiger partial charge is 0.223 e. The number of halogens is 1. The van der Waals surface area contributed by atoms with Crippen molar-refractivity contribution in [3.63, 3.8) is 0 Å². The Labute approximate surface area is 152 Å². The van der Waals surface area contributed by atoms with E-state index in [0.29, 0.717) is 0 Å². The van der Waals surface area contributed by atoms with Crippen LogP contribution in [0.3, 0.4) is 0 Å². The summed E-state index contributed by atoms with van der Waals surface area (Å²) in [6, 6.07) is 20.0. The minimum atomic E-state index is 0.229. The number of hydrogen-bond donors (Lipinski definition) is 0. The van der Waals surface area contributed by atoms with E-state index in [1.807, 2.05) is 66.7 Å². The Bertz CT molecular complexity index is 943. The van der Waals surface area contributed by atoms with Gasteiger partial charge in [0.25, 0.3) is 0 Å². The third-order valence-corrected chi connectivity index (χ3v) is 3.95. The van der Waals surface area contributed by atoms with Gasteiger partial charge in [0.05, 0.1) is 11.4 Å². The van der Waals surface area contributed by atoms with Crippen LogP contribution in [0.25, 0.3) is 28.1 Å². The molecule has 0 N–H and O–H groups in total. The first kappa shape index (κ1) is 16.9. The molecule has 0 bridgehead atoms. The molecule has 0 aliphatic carbocycles. The van der Waals surface area contributed by atoms with Gasteiger partial charge in [0.15, 0.2) is 0 Å². The minimum Gasteiger partial charge on any atom is -0.218 e. The van der Waals surface area contributed by atoms with Crippen LogP contribution in [0, 0.1) is 0 Å². The van der Waals surface area contributed by atoms with Gasteiger partial charge in [-0.15, -0.1) is 0 Å². The maximum absolute atomic E-state index is 6.17. The standard InChI is InChI=1S/C22H17ClN2/c1-3-9-16(4-2)18-12-8-13-19(14-18)21-15-20(24-22(23)25-21)17-10-6-5-7-11-17/h3-15H,1-2H2/b16-9+. The van der Waals surface area contributed by atoms with Crippen molar-refractivity contribution in [3.8, 4) is 22.5 Å². The SMILES string of the molecule is C=C/C=C(\C=C)c1cccc(-c2cc(-c3ccccc3)nc(Cl)n2)c1. The zero-order valence-corrected chi connectivity index (χ0v) is 14.4. The molecule has 1 heterocycles. The molecule has 0 aliphatic rings. The summed E-state index contributed by atoms with van der Waals surface area (Å²) < 4.78 is 0. The van der Waals surface area contributed by atoms with Gasteiger partial charge in [-0.05, 0) is 34.9 Å². The highest BCUT2D eigenvalue weighted by Gasteiger charge is 2.08. The van der Waals surface area contributed by atoms with Crippen molar-refractivity contribution in [3.05, 3.63) is 103 Å². The second-order valence-electron chi connectivity index (χ2n) is 5.42. The average Bonchev–Trinajstić information content (AvgIpc) is 2.66. The van der Waals surface area contributed by atoms with Gasteiger partial charge in [-0.1, -0.05) is 79.9 Å². The van der Waals surface area contributed by atoms with Gasteiger partial charge in [0.2, 0.25) is 5.28 Å². The van der Waals surface area contributed by atoms with Crippen molar-refractivity contribution in [1.29, 1.82) is 0 Å². The highest BCUT2D eigenvalue weighted by Crippen LogP contribution is 2.27. The summed E-state index contributed by atoms with van der Waals surface area (Å²) in [4.78, 5) is 8.74. The summed E-state index contributed by atoms with van der Waals surface area (Å²) in [6.45, 7) is 7.61. The van der Waals surface area contributed by atoms with E-state index in [0.717, 1.165) is 33.7 Å². The number of nitrogens with zero attached hydrogens (tertiary/aromatic N) is 2. The molecule has 0 fully saturated rings. The van der Waals surface area contributed by atoms with E-state index in [2.05, 4.69) is 29.2 Å². The van der Waals surface area contributed by atoms with E-state index in [1.165, 1.54) is 0 Å². The smallest absolute Gasteiger partial charge is 0.218 e. The predicted molar refractivity (Wildman–Crippen MR) is 106 cm³/mol. The van der Waals surface area contributed by atoms with Crippen LogP contribution in [-0.4, -0.2) is 9.97 Å². The lowest BCUT2D eigenvalue weighted by atomic mass is 10.0. The molecule has 25 heavy (non-hydrogen) atoms. The molecular weight excluding hydrogens is 328 g/mol. The van der Waals surface area contributed by atoms with E-state index in [9.17, 15) is 0 Å². The molecule has 3 rings (SSSR count). The normalized spacial score (nSPS) is 11.2. The minimum absolute atomic E-state index is 0.229. The number of allylic oxidation sites excluding steroid dienone is 4. The molecule has 2 nitrogen and oxygen atoms in total. The lowest BCUT2D eigenvalue weighted by molar-refractivity contribution is 1.18. The van der Waals surface area contributed by atoms with Crippen LogP contribution >= 0.6 is 11.6 Å². The van der Waals surface area contributed by atoms with Crippen molar-refractivity contribution in [2.45, 2.75) is 0 Å². The second-order valence-corrected chi connectivity index (χ2v) is 5.75. The Hall–Kier alpha value is -2.97. The first-order valence-corrected chi connectivity index (χ1v) is 8.25. The van der Waals surface area contributed by atoms with Crippen LogP contribution in [0.5, 0.6) is 0 Å². The highest BCUT2D eigenvalue weighted by molar-refractivity contribution is 6.28. The van der Waals surface area contributed by atoms with E-state index >= 15 is 0 Å². The summed E-state index contributed by atoms with van der Waals surface area (Å²) in [5.74, 6) is 0. The van der Waals surface area contributed by atoms with Crippen LogP contribution < -0.4 is 0 Å². The molecule has 3 aromatic rings. The molecule has 0 spiro atoms. The number of rotatable bonds is 5. The molecule has 3 heteroatoms. The fourth-order valence-electron chi connectivity index (χ4n) is 2.59. The molecule has 0 atom stereocenters. The third-order valence-electron chi connectivity index (χ3n) is 3.78. The van der Waals surface area contributed by atoms with Crippen molar-refractivity contribution >= 4 is 17.2 Å². The van der Waals surface area contributed by atoms with Crippen molar-refractivity contribution in [1.82, 2.24) is 9.97 Å². The molecule has 0 radical (unpaired) electrons. The summed E-state index contributed by atoms with van der Waals surface area (Å²) >= 11 is 6.17. The van der Waals surface area contributed by atoms with Crippen molar-refractivity contribution < 1.29 is 0 Å². The molecule has 0 saturated carbocycles. The molecule has 0 saturated heterocycles. The van der Waals surface area contributed by atoms with E-state index in [4.69, 9.17) is 11.6 Å².